The van der Waals surface area contributed by atoms with Gasteiger partial charge in [-0.05, 0) is 19.8 Å². The SMILES string of the molecule is C#CC(C)SC(CC(=O)O)C(=O)NCCCCCC(=O)F. The third-order valence-corrected chi connectivity index (χ3v) is 3.86. The monoisotopic (exact) mass is 317 g/mol. The molecule has 0 fully saturated rings. The molecule has 118 valence electrons. The van der Waals surface area contributed by atoms with Crippen LogP contribution in [-0.2, 0) is 14.4 Å². The molecule has 0 aliphatic carbocycles. The number of terminal acetylenes is 1. The zero-order valence-corrected chi connectivity index (χ0v) is 12.7. The Bertz CT molecular complexity index is 408. The van der Waals surface area contributed by atoms with Crippen LogP contribution in [0.1, 0.15) is 39.0 Å². The summed E-state index contributed by atoms with van der Waals surface area (Å²) in [6, 6.07) is -1.33. The largest absolute Gasteiger partial charge is 0.481 e. The van der Waals surface area contributed by atoms with Gasteiger partial charge in [-0.3, -0.25) is 14.4 Å². The number of thioether (sulfide) groups is 1. The van der Waals surface area contributed by atoms with Crippen LogP contribution in [0.4, 0.5) is 4.39 Å². The molecule has 0 aliphatic rings. The highest BCUT2D eigenvalue weighted by Gasteiger charge is 2.23. The maximum Gasteiger partial charge on any atom is 0.305 e. The maximum absolute atomic E-state index is 11.9. The minimum Gasteiger partial charge on any atom is -0.481 e. The van der Waals surface area contributed by atoms with E-state index < -0.39 is 17.3 Å². The Balaban J connectivity index is 4.08. The van der Waals surface area contributed by atoms with Crippen molar-refractivity contribution in [2.75, 3.05) is 6.54 Å². The lowest BCUT2D eigenvalue weighted by Gasteiger charge is -2.16. The second-order valence-corrected chi connectivity index (χ2v) is 6.04. The van der Waals surface area contributed by atoms with Crippen molar-refractivity contribution in [3.8, 4) is 12.3 Å². The quantitative estimate of drug-likeness (QED) is 0.345. The molecule has 0 spiro atoms. The Hall–Kier alpha value is -1.55. The molecule has 0 aromatic carbocycles. The fraction of sp³-hybridized carbons (Fsp3) is 0.643. The summed E-state index contributed by atoms with van der Waals surface area (Å²) in [5, 5.41) is 10.4. The summed E-state index contributed by atoms with van der Waals surface area (Å²) in [4.78, 5) is 32.7. The van der Waals surface area contributed by atoms with Crippen LogP contribution >= 0.6 is 11.8 Å². The van der Waals surface area contributed by atoms with Gasteiger partial charge in [-0.1, -0.05) is 12.3 Å². The summed E-state index contributed by atoms with van der Waals surface area (Å²) in [7, 11) is 0. The van der Waals surface area contributed by atoms with Crippen LogP contribution in [0.25, 0.3) is 0 Å². The van der Waals surface area contributed by atoms with Crippen LogP contribution in [0.3, 0.4) is 0 Å². The Morgan fingerprint density at radius 1 is 1.33 bits per heavy atom. The molecule has 0 saturated carbocycles. The number of hydrogen-bond donors (Lipinski definition) is 2. The number of aliphatic carboxylic acids is 1. The molecule has 0 radical (unpaired) electrons. The molecule has 0 aliphatic heterocycles. The number of carbonyl (C=O) groups excluding carboxylic acids is 2. The first kappa shape index (κ1) is 19.4. The van der Waals surface area contributed by atoms with Crippen LogP contribution < -0.4 is 5.32 Å². The van der Waals surface area contributed by atoms with E-state index in [1.165, 1.54) is 0 Å². The third kappa shape index (κ3) is 10.9. The second kappa shape index (κ2) is 11.1. The lowest BCUT2D eigenvalue weighted by molar-refractivity contribution is -0.138. The summed E-state index contributed by atoms with van der Waals surface area (Å²) in [5.41, 5.74) is 0. The van der Waals surface area contributed by atoms with E-state index in [1.54, 1.807) is 6.92 Å². The van der Waals surface area contributed by atoms with E-state index in [1.807, 2.05) is 0 Å². The Morgan fingerprint density at radius 2 is 2.00 bits per heavy atom. The van der Waals surface area contributed by atoms with Gasteiger partial charge >= 0.3 is 12.0 Å². The molecule has 21 heavy (non-hydrogen) atoms. The van der Waals surface area contributed by atoms with Crippen molar-refractivity contribution >= 4 is 29.7 Å². The second-order valence-electron chi connectivity index (χ2n) is 4.49. The van der Waals surface area contributed by atoms with Crippen LogP contribution in [0.15, 0.2) is 0 Å². The first-order valence-corrected chi connectivity index (χ1v) is 7.60. The van der Waals surface area contributed by atoms with Crippen molar-refractivity contribution in [2.45, 2.75) is 49.5 Å². The van der Waals surface area contributed by atoms with Crippen molar-refractivity contribution in [1.82, 2.24) is 5.32 Å². The third-order valence-electron chi connectivity index (χ3n) is 2.60. The van der Waals surface area contributed by atoms with Gasteiger partial charge in [-0.2, -0.15) is 4.39 Å². The predicted octanol–water partition coefficient (Wildman–Crippen LogP) is 1.76. The van der Waals surface area contributed by atoms with E-state index >= 15 is 0 Å². The first-order valence-electron chi connectivity index (χ1n) is 6.66. The molecule has 1 amide bonds. The van der Waals surface area contributed by atoms with Gasteiger partial charge in [0, 0.05) is 13.0 Å². The highest BCUT2D eigenvalue weighted by Crippen LogP contribution is 2.20. The standard InChI is InChI=1S/C14H20FNO4S/c1-3-10(2)21-11(9-13(18)19)14(20)16-8-6-4-5-7-12(15)17/h1,10-11H,4-9H2,2H3,(H,16,20)(H,18,19). The van der Waals surface area contributed by atoms with Gasteiger partial charge in [0.1, 0.15) is 0 Å². The number of nitrogens with one attached hydrogen (secondary N) is 1. The zero-order valence-electron chi connectivity index (χ0n) is 11.9. The number of unbranched alkanes of at least 4 members (excludes halogenated alkanes) is 2. The summed E-state index contributed by atoms with van der Waals surface area (Å²) in [6.07, 6.45) is 6.48. The predicted molar refractivity (Wildman–Crippen MR) is 79.5 cm³/mol. The number of carboxylic acid groups (broad SMARTS) is 1. The van der Waals surface area contributed by atoms with Crippen LogP contribution in [0, 0.1) is 12.3 Å². The number of amides is 1. The maximum atomic E-state index is 11.9. The topological polar surface area (TPSA) is 83.5 Å². The van der Waals surface area contributed by atoms with Crippen molar-refractivity contribution in [3.63, 3.8) is 0 Å². The van der Waals surface area contributed by atoms with Gasteiger partial charge in [0.05, 0.1) is 16.9 Å². The molecule has 0 bridgehead atoms. The highest BCUT2D eigenvalue weighted by atomic mass is 32.2. The average molecular weight is 317 g/mol. The molecule has 7 heteroatoms. The Kier molecular flexibility index (Phi) is 10.3. The molecular weight excluding hydrogens is 297 g/mol. The molecular formula is C14H20FNO4S. The molecule has 2 N–H and O–H groups in total. The molecule has 0 rings (SSSR count). The van der Waals surface area contributed by atoms with Crippen molar-refractivity contribution < 1.29 is 23.9 Å². The van der Waals surface area contributed by atoms with E-state index in [9.17, 15) is 18.8 Å². The fourth-order valence-electron chi connectivity index (χ4n) is 1.54. The summed E-state index contributed by atoms with van der Waals surface area (Å²) < 4.78 is 11.9. The average Bonchev–Trinajstić information content (AvgIpc) is 2.40. The summed E-state index contributed by atoms with van der Waals surface area (Å²) >= 11 is 1.13. The van der Waals surface area contributed by atoms with Gasteiger partial charge in [-0.25, -0.2) is 0 Å². The molecule has 5 nitrogen and oxygen atoms in total. The van der Waals surface area contributed by atoms with E-state index in [0.29, 0.717) is 25.8 Å². The molecule has 0 saturated heterocycles. The van der Waals surface area contributed by atoms with E-state index in [-0.39, 0.29) is 24.0 Å². The number of carbonyl (C=O) groups is 3. The van der Waals surface area contributed by atoms with Crippen LogP contribution in [0.5, 0.6) is 0 Å². The first-order chi connectivity index (χ1) is 9.86. The fourth-order valence-corrected chi connectivity index (χ4v) is 2.56. The number of rotatable bonds is 11. The van der Waals surface area contributed by atoms with Gasteiger partial charge in [0.2, 0.25) is 5.91 Å². The molecule has 2 unspecified atom stereocenters. The molecule has 0 heterocycles. The minimum absolute atomic E-state index is 0.106. The van der Waals surface area contributed by atoms with E-state index in [2.05, 4.69) is 11.2 Å². The normalized spacial score (nSPS) is 13.0. The van der Waals surface area contributed by atoms with Crippen LogP contribution in [-0.4, -0.2) is 40.1 Å². The van der Waals surface area contributed by atoms with E-state index in [4.69, 9.17) is 11.5 Å². The number of carboxylic acids is 1. The van der Waals surface area contributed by atoms with Gasteiger partial charge in [0.25, 0.3) is 0 Å². The molecule has 2 atom stereocenters. The Morgan fingerprint density at radius 3 is 2.52 bits per heavy atom. The van der Waals surface area contributed by atoms with Crippen molar-refractivity contribution in [1.29, 1.82) is 0 Å². The van der Waals surface area contributed by atoms with Gasteiger partial charge < -0.3 is 10.4 Å². The zero-order chi connectivity index (χ0) is 16.3. The van der Waals surface area contributed by atoms with Gasteiger partial charge in [0.15, 0.2) is 0 Å². The minimum atomic E-state index is -1.33. The van der Waals surface area contributed by atoms with Gasteiger partial charge in [-0.15, -0.1) is 18.2 Å². The Labute approximate surface area is 128 Å². The molecule has 0 aromatic rings. The number of halogens is 1. The van der Waals surface area contributed by atoms with E-state index in [0.717, 1.165) is 11.8 Å². The van der Waals surface area contributed by atoms with Crippen molar-refractivity contribution in [3.05, 3.63) is 0 Å². The number of hydrogen-bond acceptors (Lipinski definition) is 4. The molecule has 0 aromatic heterocycles. The highest BCUT2D eigenvalue weighted by molar-refractivity contribution is 8.01. The van der Waals surface area contributed by atoms with Crippen LogP contribution in [0.2, 0.25) is 0 Å². The summed E-state index contributed by atoms with van der Waals surface area (Å²) in [5.74, 6) is 1.01. The smallest absolute Gasteiger partial charge is 0.305 e. The lowest BCUT2D eigenvalue weighted by atomic mass is 10.2. The summed E-state index contributed by atoms with van der Waals surface area (Å²) in [6.45, 7) is 2.08. The van der Waals surface area contributed by atoms with Crippen molar-refractivity contribution in [2.24, 2.45) is 0 Å². The lowest BCUT2D eigenvalue weighted by Crippen LogP contribution is -2.35.